The first-order valence-electron chi connectivity index (χ1n) is 8.01. The summed E-state index contributed by atoms with van der Waals surface area (Å²) in [5.41, 5.74) is 3.89. The van der Waals surface area contributed by atoms with Gasteiger partial charge in [-0.15, -0.1) is 0 Å². The fourth-order valence-corrected chi connectivity index (χ4v) is 3.25. The Balaban J connectivity index is 2.01. The molecule has 0 heterocycles. The first-order valence-corrected chi connectivity index (χ1v) is 9.09. The van der Waals surface area contributed by atoms with Crippen LogP contribution in [-0.4, -0.2) is 17.9 Å². The number of hydrogen-bond acceptors (Lipinski definition) is 1. The van der Waals surface area contributed by atoms with Crippen LogP contribution >= 0.6 is 22.6 Å². The topological polar surface area (TPSA) is 20.3 Å². The van der Waals surface area contributed by atoms with Gasteiger partial charge in [0.15, 0.2) is 0 Å². The second kappa shape index (κ2) is 8.12. The molecule has 3 aromatic carbocycles. The highest BCUT2D eigenvalue weighted by Gasteiger charge is 2.14. The third-order valence-electron chi connectivity index (χ3n) is 3.92. The third-order valence-corrected chi connectivity index (χ3v) is 4.86. The van der Waals surface area contributed by atoms with Gasteiger partial charge in [-0.25, -0.2) is 0 Å². The molecule has 0 saturated carbocycles. The molecule has 0 N–H and O–H groups in total. The van der Waals surface area contributed by atoms with E-state index in [0.717, 1.165) is 20.3 Å². The molecule has 3 aromatic rings. The average Bonchev–Trinajstić information content (AvgIpc) is 2.67. The van der Waals surface area contributed by atoms with Crippen LogP contribution in [-0.2, 0) is 0 Å². The number of nitrogens with zero attached hydrogens (tertiary/aromatic N) is 1. The Kier molecular flexibility index (Phi) is 5.66. The summed E-state index contributed by atoms with van der Waals surface area (Å²) in [6, 6.07) is 27.9. The van der Waals surface area contributed by atoms with Crippen molar-refractivity contribution in [2.45, 2.75) is 0 Å². The van der Waals surface area contributed by atoms with Gasteiger partial charge in [0.2, 0.25) is 0 Å². The fourth-order valence-electron chi connectivity index (χ4n) is 2.63. The van der Waals surface area contributed by atoms with Crippen LogP contribution in [0.1, 0.15) is 21.5 Å². The number of halogens is 1. The summed E-state index contributed by atoms with van der Waals surface area (Å²) in [4.78, 5) is 14.5. The Hall–Kier alpha value is -2.40. The van der Waals surface area contributed by atoms with Gasteiger partial charge in [-0.1, -0.05) is 72.8 Å². The summed E-state index contributed by atoms with van der Waals surface area (Å²) in [6.07, 6.45) is 1.91. The number of amides is 1. The predicted octanol–water partition coefficient (Wildman–Crippen LogP) is 5.45. The zero-order valence-corrected chi connectivity index (χ0v) is 16.1. The molecule has 0 aromatic heterocycles. The molecule has 3 heteroatoms. The van der Waals surface area contributed by atoms with E-state index < -0.39 is 0 Å². The van der Waals surface area contributed by atoms with Crippen molar-refractivity contribution >= 4 is 34.1 Å². The van der Waals surface area contributed by atoms with Gasteiger partial charge < -0.3 is 4.90 Å². The third kappa shape index (κ3) is 4.17. The molecule has 1 amide bonds. The zero-order valence-electron chi connectivity index (χ0n) is 13.9. The van der Waals surface area contributed by atoms with Crippen LogP contribution in [0.15, 0.2) is 91.1 Å². The molecule has 3 rings (SSSR count). The second-order valence-corrected chi connectivity index (χ2v) is 6.83. The first kappa shape index (κ1) is 17.4. The molecule has 0 radical (unpaired) electrons. The molecule has 0 fully saturated rings. The van der Waals surface area contributed by atoms with Crippen LogP contribution in [0.2, 0.25) is 0 Å². The largest absolute Gasteiger partial charge is 0.317 e. The quantitative estimate of drug-likeness (QED) is 0.495. The van der Waals surface area contributed by atoms with E-state index in [2.05, 4.69) is 46.9 Å². The van der Waals surface area contributed by atoms with Gasteiger partial charge in [0.1, 0.15) is 0 Å². The van der Waals surface area contributed by atoms with Crippen molar-refractivity contribution in [2.75, 3.05) is 7.05 Å². The number of rotatable bonds is 4. The van der Waals surface area contributed by atoms with Crippen molar-refractivity contribution in [3.8, 4) is 0 Å². The SMILES string of the molecule is CN(C=C(c1ccccc1)c1ccccc1)C(=O)c1ccccc1I. The standard InChI is InChI=1S/C22H18INO/c1-24(22(25)19-14-8-9-15-21(19)23)16-20(17-10-4-2-5-11-17)18-12-6-3-7-13-18/h2-16H,1H3. The minimum Gasteiger partial charge on any atom is -0.317 e. The van der Waals surface area contributed by atoms with E-state index in [1.54, 1.807) is 11.9 Å². The van der Waals surface area contributed by atoms with Gasteiger partial charge in [0, 0.05) is 22.4 Å². The molecule has 0 saturated heterocycles. The van der Waals surface area contributed by atoms with Crippen molar-refractivity contribution < 1.29 is 4.79 Å². The summed E-state index contributed by atoms with van der Waals surface area (Å²) < 4.78 is 0.950. The maximum absolute atomic E-state index is 12.8. The van der Waals surface area contributed by atoms with Gasteiger partial charge in [0.25, 0.3) is 5.91 Å². The van der Waals surface area contributed by atoms with E-state index in [1.165, 1.54) is 0 Å². The number of carbonyl (C=O) groups is 1. The Labute approximate surface area is 161 Å². The molecule has 0 atom stereocenters. The van der Waals surface area contributed by atoms with Gasteiger partial charge >= 0.3 is 0 Å². The van der Waals surface area contributed by atoms with E-state index in [9.17, 15) is 4.79 Å². The lowest BCUT2D eigenvalue weighted by atomic mass is 9.99. The lowest BCUT2D eigenvalue weighted by molar-refractivity contribution is 0.0849. The van der Waals surface area contributed by atoms with Crippen LogP contribution in [0.25, 0.3) is 5.57 Å². The highest BCUT2D eigenvalue weighted by Crippen LogP contribution is 2.24. The normalized spacial score (nSPS) is 10.2. The van der Waals surface area contributed by atoms with Gasteiger partial charge in [-0.2, -0.15) is 0 Å². The van der Waals surface area contributed by atoms with E-state index in [1.807, 2.05) is 66.9 Å². The van der Waals surface area contributed by atoms with Gasteiger partial charge in [-0.3, -0.25) is 4.79 Å². The van der Waals surface area contributed by atoms with Crippen LogP contribution < -0.4 is 0 Å². The Morgan fingerprint density at radius 3 is 1.80 bits per heavy atom. The maximum Gasteiger partial charge on any atom is 0.258 e. The molecule has 25 heavy (non-hydrogen) atoms. The van der Waals surface area contributed by atoms with E-state index in [0.29, 0.717) is 5.56 Å². The minimum atomic E-state index is -0.0191. The molecule has 0 aliphatic heterocycles. The Morgan fingerprint density at radius 2 is 1.28 bits per heavy atom. The zero-order chi connectivity index (χ0) is 17.6. The van der Waals surface area contributed by atoms with E-state index in [-0.39, 0.29) is 5.91 Å². The second-order valence-electron chi connectivity index (χ2n) is 5.67. The Bertz CT molecular complexity index is 847. The number of carbonyl (C=O) groups excluding carboxylic acids is 1. The molecule has 0 aliphatic rings. The molecule has 0 aliphatic carbocycles. The molecule has 124 valence electrons. The van der Waals surface area contributed by atoms with Crippen molar-refractivity contribution in [3.05, 3.63) is 111 Å². The first-order chi connectivity index (χ1) is 12.2. The molecule has 0 spiro atoms. The fraction of sp³-hybridized carbons (Fsp3) is 0.0455. The average molecular weight is 439 g/mol. The van der Waals surface area contributed by atoms with Crippen LogP contribution in [0, 0.1) is 3.57 Å². The van der Waals surface area contributed by atoms with Crippen LogP contribution in [0.5, 0.6) is 0 Å². The smallest absolute Gasteiger partial charge is 0.258 e. The summed E-state index contributed by atoms with van der Waals surface area (Å²) in [5, 5.41) is 0. The van der Waals surface area contributed by atoms with Gasteiger partial charge in [0.05, 0.1) is 5.56 Å². The van der Waals surface area contributed by atoms with Crippen molar-refractivity contribution in [2.24, 2.45) is 0 Å². The highest BCUT2D eigenvalue weighted by molar-refractivity contribution is 14.1. The molecular formula is C22H18INO. The summed E-state index contributed by atoms with van der Waals surface area (Å²) >= 11 is 2.20. The van der Waals surface area contributed by atoms with Gasteiger partial charge in [-0.05, 0) is 45.9 Å². The summed E-state index contributed by atoms with van der Waals surface area (Å²) in [7, 11) is 1.80. The number of hydrogen-bond donors (Lipinski definition) is 0. The molecule has 0 bridgehead atoms. The summed E-state index contributed by atoms with van der Waals surface area (Å²) in [6.45, 7) is 0. The van der Waals surface area contributed by atoms with Crippen molar-refractivity contribution in [3.63, 3.8) is 0 Å². The minimum absolute atomic E-state index is 0.0191. The molecular weight excluding hydrogens is 421 g/mol. The molecule has 0 unspecified atom stereocenters. The highest BCUT2D eigenvalue weighted by atomic mass is 127. The van der Waals surface area contributed by atoms with E-state index >= 15 is 0 Å². The summed E-state index contributed by atoms with van der Waals surface area (Å²) in [5.74, 6) is -0.0191. The maximum atomic E-state index is 12.8. The Morgan fingerprint density at radius 1 is 0.800 bits per heavy atom. The van der Waals surface area contributed by atoms with Crippen LogP contribution in [0.3, 0.4) is 0 Å². The van der Waals surface area contributed by atoms with Crippen molar-refractivity contribution in [1.82, 2.24) is 4.90 Å². The van der Waals surface area contributed by atoms with E-state index in [4.69, 9.17) is 0 Å². The van der Waals surface area contributed by atoms with Crippen molar-refractivity contribution in [1.29, 1.82) is 0 Å². The monoisotopic (exact) mass is 439 g/mol. The van der Waals surface area contributed by atoms with Crippen LogP contribution in [0.4, 0.5) is 0 Å². The lowest BCUT2D eigenvalue weighted by Gasteiger charge is -2.17. The lowest BCUT2D eigenvalue weighted by Crippen LogP contribution is -2.22. The molecule has 2 nitrogen and oxygen atoms in total. The predicted molar refractivity (Wildman–Crippen MR) is 111 cm³/mol. The number of benzene rings is 3.